The van der Waals surface area contributed by atoms with Crippen LogP contribution in [-0.4, -0.2) is 52.2 Å². The normalized spacial score (nSPS) is 22.1. The first-order chi connectivity index (χ1) is 13.0. The van der Waals surface area contributed by atoms with Gasteiger partial charge in [-0.1, -0.05) is 44.2 Å². The second-order valence-corrected chi connectivity index (χ2v) is 7.54. The summed E-state index contributed by atoms with van der Waals surface area (Å²) in [6.07, 6.45) is 6.44. The molecule has 1 aromatic carbocycles. The Morgan fingerprint density at radius 3 is 1.89 bits per heavy atom. The molecule has 1 N–H and O–H groups in total. The van der Waals surface area contributed by atoms with Crippen LogP contribution in [0.5, 0.6) is 0 Å². The number of benzene rings is 1. The van der Waals surface area contributed by atoms with Crippen LogP contribution in [0.2, 0.25) is 0 Å². The molecular formula is C20H23N3O4. The predicted molar refractivity (Wildman–Crippen MR) is 97.1 cm³/mol. The molecule has 27 heavy (non-hydrogen) atoms. The van der Waals surface area contributed by atoms with Gasteiger partial charge in [0.1, 0.15) is 5.54 Å². The van der Waals surface area contributed by atoms with E-state index in [2.05, 4.69) is 5.32 Å². The first kappa shape index (κ1) is 17.7. The molecule has 0 radical (unpaired) electrons. The van der Waals surface area contributed by atoms with Crippen LogP contribution in [-0.2, 0) is 4.79 Å². The van der Waals surface area contributed by atoms with Crippen molar-refractivity contribution < 1.29 is 19.2 Å². The fraction of sp³-hybridized carbons (Fsp3) is 0.500. The molecule has 2 heterocycles. The van der Waals surface area contributed by atoms with Gasteiger partial charge in [-0.25, -0.2) is 4.79 Å². The third-order valence-electron chi connectivity index (χ3n) is 5.88. The highest BCUT2D eigenvalue weighted by Gasteiger charge is 2.50. The van der Waals surface area contributed by atoms with Gasteiger partial charge in [0, 0.05) is 13.1 Å². The van der Waals surface area contributed by atoms with Crippen LogP contribution in [0.25, 0.3) is 0 Å². The lowest BCUT2D eigenvalue weighted by Gasteiger charge is -2.28. The summed E-state index contributed by atoms with van der Waals surface area (Å²) in [7, 11) is 0. The predicted octanol–water partition coefficient (Wildman–Crippen LogP) is 2.32. The molecule has 0 atom stereocenters. The van der Waals surface area contributed by atoms with Gasteiger partial charge in [0.15, 0.2) is 0 Å². The minimum Gasteiger partial charge on any atom is -0.323 e. The van der Waals surface area contributed by atoms with Crippen LogP contribution in [0.1, 0.15) is 65.7 Å². The number of nitrogens with zero attached hydrogens (tertiary/aromatic N) is 2. The minimum atomic E-state index is -0.806. The Kier molecular flexibility index (Phi) is 4.45. The second-order valence-electron chi connectivity index (χ2n) is 7.54. The lowest BCUT2D eigenvalue weighted by Crippen LogP contribution is -2.48. The van der Waals surface area contributed by atoms with E-state index in [9.17, 15) is 19.2 Å². The van der Waals surface area contributed by atoms with Gasteiger partial charge < -0.3 is 5.32 Å². The van der Waals surface area contributed by atoms with E-state index < -0.39 is 11.6 Å². The van der Waals surface area contributed by atoms with E-state index in [0.29, 0.717) is 24.0 Å². The number of carbonyl (C=O) groups excluding carboxylic acids is 4. The number of rotatable bonds is 3. The smallest absolute Gasteiger partial charge is 0.323 e. The molecule has 7 nitrogen and oxygen atoms in total. The Bertz CT molecular complexity index is 776. The van der Waals surface area contributed by atoms with Crippen LogP contribution in [0.3, 0.4) is 0 Å². The average Bonchev–Trinajstić information content (AvgIpc) is 3.03. The van der Waals surface area contributed by atoms with Crippen LogP contribution in [0, 0.1) is 0 Å². The number of nitrogens with one attached hydrogen (secondary N) is 1. The molecule has 5 amide bonds. The fourth-order valence-corrected chi connectivity index (χ4v) is 4.37. The molecule has 1 aromatic rings. The Labute approximate surface area is 157 Å². The van der Waals surface area contributed by atoms with Crippen molar-refractivity contribution in [2.45, 2.75) is 50.5 Å². The van der Waals surface area contributed by atoms with Crippen LogP contribution in [0.4, 0.5) is 4.79 Å². The molecule has 3 aliphatic rings. The maximum absolute atomic E-state index is 13.0. The van der Waals surface area contributed by atoms with Crippen molar-refractivity contribution in [1.82, 2.24) is 15.1 Å². The van der Waals surface area contributed by atoms with Crippen LogP contribution < -0.4 is 5.32 Å². The van der Waals surface area contributed by atoms with Gasteiger partial charge >= 0.3 is 6.03 Å². The molecule has 1 saturated heterocycles. The summed E-state index contributed by atoms with van der Waals surface area (Å²) in [6.45, 7) is 0.0411. The first-order valence-electron chi connectivity index (χ1n) is 9.63. The summed E-state index contributed by atoms with van der Waals surface area (Å²) in [5.74, 6) is -0.961. The van der Waals surface area contributed by atoms with E-state index in [0.717, 1.165) is 30.6 Å². The quantitative estimate of drug-likeness (QED) is 0.654. The molecule has 7 heteroatoms. The van der Waals surface area contributed by atoms with E-state index in [4.69, 9.17) is 0 Å². The molecular weight excluding hydrogens is 346 g/mol. The fourth-order valence-electron chi connectivity index (χ4n) is 4.37. The zero-order chi connectivity index (χ0) is 19.0. The number of fused-ring (bicyclic) bond motifs is 1. The van der Waals surface area contributed by atoms with Gasteiger partial charge in [0.05, 0.1) is 11.1 Å². The second kappa shape index (κ2) is 6.79. The van der Waals surface area contributed by atoms with Gasteiger partial charge in [0.2, 0.25) is 0 Å². The van der Waals surface area contributed by atoms with Gasteiger partial charge in [-0.3, -0.25) is 24.2 Å². The number of hydrogen-bond acceptors (Lipinski definition) is 4. The average molecular weight is 369 g/mol. The monoisotopic (exact) mass is 369 g/mol. The van der Waals surface area contributed by atoms with Crippen molar-refractivity contribution in [2.75, 3.05) is 13.1 Å². The van der Waals surface area contributed by atoms with E-state index in [-0.39, 0.29) is 30.8 Å². The molecule has 4 rings (SSSR count). The first-order valence-corrected chi connectivity index (χ1v) is 9.63. The lowest BCUT2D eigenvalue weighted by molar-refractivity contribution is -0.132. The molecule has 2 aliphatic heterocycles. The zero-order valence-electron chi connectivity index (χ0n) is 15.2. The highest BCUT2D eigenvalue weighted by atomic mass is 16.2. The molecule has 1 saturated carbocycles. The highest BCUT2D eigenvalue weighted by molar-refractivity contribution is 6.21. The summed E-state index contributed by atoms with van der Waals surface area (Å²) in [5, 5.41) is 2.90. The van der Waals surface area contributed by atoms with Crippen LogP contribution >= 0.6 is 0 Å². The van der Waals surface area contributed by atoms with Gasteiger partial charge in [-0.15, -0.1) is 0 Å². The maximum atomic E-state index is 13.0. The number of amides is 5. The standard InChI is InChI=1S/C20H23N3O4/c24-16-14-8-4-5-9-15(14)17(25)22(16)12-13-23-18(26)20(21-19(23)27)10-6-2-1-3-7-11-20/h4-5,8-9H,1-3,6-7,10-13H2,(H,21,27). The van der Waals surface area contributed by atoms with Crippen molar-refractivity contribution in [2.24, 2.45) is 0 Å². The number of imide groups is 2. The van der Waals surface area contributed by atoms with Crippen molar-refractivity contribution >= 4 is 23.8 Å². The molecule has 0 bridgehead atoms. The van der Waals surface area contributed by atoms with Crippen molar-refractivity contribution in [3.8, 4) is 0 Å². The van der Waals surface area contributed by atoms with Crippen molar-refractivity contribution in [3.63, 3.8) is 0 Å². The Balaban J connectivity index is 1.46. The maximum Gasteiger partial charge on any atom is 0.325 e. The summed E-state index contributed by atoms with van der Waals surface area (Å²) in [5.41, 5.74) is -0.0631. The third-order valence-corrected chi connectivity index (χ3v) is 5.88. The molecule has 0 unspecified atom stereocenters. The number of carbonyl (C=O) groups is 4. The number of hydrogen-bond donors (Lipinski definition) is 1. The van der Waals surface area contributed by atoms with Crippen molar-refractivity contribution in [1.29, 1.82) is 0 Å². The highest BCUT2D eigenvalue weighted by Crippen LogP contribution is 2.32. The largest absolute Gasteiger partial charge is 0.325 e. The Morgan fingerprint density at radius 2 is 1.30 bits per heavy atom. The van der Waals surface area contributed by atoms with Crippen LogP contribution in [0.15, 0.2) is 24.3 Å². The van der Waals surface area contributed by atoms with E-state index >= 15 is 0 Å². The summed E-state index contributed by atoms with van der Waals surface area (Å²) in [4.78, 5) is 52.6. The molecule has 2 fully saturated rings. The summed E-state index contributed by atoms with van der Waals surface area (Å²) < 4.78 is 0. The van der Waals surface area contributed by atoms with Crippen molar-refractivity contribution in [3.05, 3.63) is 35.4 Å². The summed E-state index contributed by atoms with van der Waals surface area (Å²) in [6, 6.07) is 6.24. The molecule has 0 aromatic heterocycles. The third kappa shape index (κ3) is 2.91. The summed E-state index contributed by atoms with van der Waals surface area (Å²) >= 11 is 0. The van der Waals surface area contributed by atoms with Gasteiger partial charge in [-0.05, 0) is 25.0 Å². The van der Waals surface area contributed by atoms with E-state index in [1.54, 1.807) is 24.3 Å². The SMILES string of the molecule is O=C1NC2(CCCCCCC2)C(=O)N1CCN1C(=O)c2ccccc2C1=O. The topological polar surface area (TPSA) is 86.8 Å². The van der Waals surface area contributed by atoms with Gasteiger partial charge in [0.25, 0.3) is 17.7 Å². The molecule has 1 spiro atoms. The molecule has 142 valence electrons. The molecule has 1 aliphatic carbocycles. The van der Waals surface area contributed by atoms with Gasteiger partial charge in [-0.2, -0.15) is 0 Å². The minimum absolute atomic E-state index is 0.0155. The Hall–Kier alpha value is -2.70. The lowest BCUT2D eigenvalue weighted by atomic mass is 9.84. The number of urea groups is 1. The zero-order valence-corrected chi connectivity index (χ0v) is 15.2. The van der Waals surface area contributed by atoms with E-state index in [1.807, 2.05) is 0 Å². The Morgan fingerprint density at radius 1 is 0.778 bits per heavy atom. The van der Waals surface area contributed by atoms with E-state index in [1.165, 1.54) is 11.3 Å².